The van der Waals surface area contributed by atoms with E-state index in [1.54, 1.807) is 54.6 Å². The smallest absolute Gasteiger partial charge is 0.416 e. The molecule has 6 nitrogen and oxygen atoms in total. The summed E-state index contributed by atoms with van der Waals surface area (Å²) >= 11 is 0. The molecule has 3 aromatic rings. The van der Waals surface area contributed by atoms with Gasteiger partial charge in [0.15, 0.2) is 0 Å². The van der Waals surface area contributed by atoms with Crippen LogP contribution in [0.4, 0.5) is 18.9 Å². The highest BCUT2D eigenvalue weighted by Crippen LogP contribution is 2.31. The van der Waals surface area contributed by atoms with Crippen LogP contribution in [0.5, 0.6) is 5.75 Å². The zero-order chi connectivity index (χ0) is 25.4. The second kappa shape index (κ2) is 11.0. The van der Waals surface area contributed by atoms with Crippen LogP contribution >= 0.6 is 0 Å². The van der Waals surface area contributed by atoms with Crippen molar-refractivity contribution >= 4 is 23.6 Å². The minimum atomic E-state index is -4.56. The van der Waals surface area contributed by atoms with Gasteiger partial charge >= 0.3 is 12.1 Å². The fraction of sp³-hybridized carbons (Fsp3) is 0.115. The normalized spacial score (nSPS) is 11.3. The summed E-state index contributed by atoms with van der Waals surface area (Å²) in [5, 5.41) is 11.8. The van der Waals surface area contributed by atoms with Gasteiger partial charge in [0, 0.05) is 11.3 Å². The van der Waals surface area contributed by atoms with E-state index in [1.807, 2.05) is 0 Å². The molecule has 35 heavy (non-hydrogen) atoms. The van der Waals surface area contributed by atoms with Crippen molar-refractivity contribution in [2.24, 2.45) is 0 Å². The minimum Gasteiger partial charge on any atom is -0.488 e. The molecule has 0 radical (unpaired) electrons. The molecule has 0 bridgehead atoms. The number of halogens is 3. The lowest BCUT2D eigenvalue weighted by atomic mass is 10.1. The number of nitriles is 1. The van der Waals surface area contributed by atoms with E-state index in [0.29, 0.717) is 16.9 Å². The Hall–Kier alpha value is -4.58. The average Bonchev–Trinajstić information content (AvgIpc) is 2.86. The molecule has 0 unspecified atom stereocenters. The molecule has 9 heteroatoms. The zero-order valence-corrected chi connectivity index (χ0v) is 18.4. The van der Waals surface area contributed by atoms with Crippen LogP contribution in [-0.2, 0) is 22.3 Å². The lowest BCUT2D eigenvalue weighted by Gasteiger charge is -2.11. The van der Waals surface area contributed by atoms with Gasteiger partial charge < -0.3 is 14.8 Å². The summed E-state index contributed by atoms with van der Waals surface area (Å²) in [6, 6.07) is 19.2. The summed E-state index contributed by atoms with van der Waals surface area (Å²) in [6.45, 7) is 0.143. The van der Waals surface area contributed by atoms with Crippen molar-refractivity contribution < 1.29 is 32.2 Å². The number of methoxy groups -OCH3 is 1. The van der Waals surface area contributed by atoms with Crippen LogP contribution in [0, 0.1) is 11.3 Å². The maximum absolute atomic E-state index is 12.9. The first-order valence-electron chi connectivity index (χ1n) is 10.2. The standard InChI is InChI=1S/C26H19F3N2O4/c1-34-25(33)18-11-9-17(10-12-18)16-35-23-8-3-2-5-19(23)13-20(15-30)24(32)31-22-7-4-6-21(14-22)26(27,28)29/h2-14H,16H2,1H3,(H,31,32)/b20-13-. The van der Waals surface area contributed by atoms with E-state index < -0.39 is 23.6 Å². The molecule has 0 saturated carbocycles. The molecular formula is C26H19F3N2O4. The van der Waals surface area contributed by atoms with Crippen molar-refractivity contribution in [1.29, 1.82) is 5.26 Å². The van der Waals surface area contributed by atoms with E-state index in [-0.39, 0.29) is 17.9 Å². The van der Waals surface area contributed by atoms with Gasteiger partial charge in [-0.2, -0.15) is 18.4 Å². The predicted molar refractivity (Wildman–Crippen MR) is 122 cm³/mol. The Morgan fingerprint density at radius 2 is 1.74 bits per heavy atom. The van der Waals surface area contributed by atoms with Crippen LogP contribution in [0.25, 0.3) is 6.08 Å². The number of nitrogens with zero attached hydrogens (tertiary/aromatic N) is 1. The van der Waals surface area contributed by atoms with Gasteiger partial charge in [-0.1, -0.05) is 36.4 Å². The van der Waals surface area contributed by atoms with Crippen LogP contribution in [0.3, 0.4) is 0 Å². The number of hydrogen-bond donors (Lipinski definition) is 1. The van der Waals surface area contributed by atoms with Crippen molar-refractivity contribution in [3.05, 3.63) is 101 Å². The number of ether oxygens (including phenoxy) is 2. The lowest BCUT2D eigenvalue weighted by Crippen LogP contribution is -2.14. The highest BCUT2D eigenvalue weighted by molar-refractivity contribution is 6.09. The third-order valence-electron chi connectivity index (χ3n) is 4.80. The quantitative estimate of drug-likeness (QED) is 0.270. The molecule has 0 fully saturated rings. The minimum absolute atomic E-state index is 0.0917. The number of nitrogens with one attached hydrogen (secondary N) is 1. The molecule has 0 aliphatic heterocycles. The van der Waals surface area contributed by atoms with E-state index in [1.165, 1.54) is 19.3 Å². The first-order valence-corrected chi connectivity index (χ1v) is 10.2. The SMILES string of the molecule is COC(=O)c1ccc(COc2ccccc2/C=C(/C#N)C(=O)Nc2cccc(C(F)(F)F)c2)cc1. The zero-order valence-electron chi connectivity index (χ0n) is 18.4. The number of benzene rings is 3. The number of hydrogen-bond acceptors (Lipinski definition) is 5. The Morgan fingerprint density at radius 1 is 1.03 bits per heavy atom. The molecule has 0 spiro atoms. The van der Waals surface area contributed by atoms with Crippen molar-refractivity contribution in [2.75, 3.05) is 12.4 Å². The largest absolute Gasteiger partial charge is 0.488 e. The van der Waals surface area contributed by atoms with Gasteiger partial charge in [0.05, 0.1) is 18.2 Å². The number of esters is 1. The van der Waals surface area contributed by atoms with Crippen LogP contribution in [0.2, 0.25) is 0 Å². The van der Waals surface area contributed by atoms with Gasteiger partial charge in [-0.3, -0.25) is 4.79 Å². The van der Waals surface area contributed by atoms with Crippen LogP contribution in [0.1, 0.15) is 27.0 Å². The van der Waals surface area contributed by atoms with E-state index in [4.69, 9.17) is 4.74 Å². The molecular weight excluding hydrogens is 461 g/mol. The summed E-state index contributed by atoms with van der Waals surface area (Å²) in [5.41, 5.74) is 0.252. The first kappa shape index (κ1) is 25.1. The van der Waals surface area contributed by atoms with Crippen molar-refractivity contribution in [3.8, 4) is 11.8 Å². The van der Waals surface area contributed by atoms with Crippen LogP contribution in [-0.4, -0.2) is 19.0 Å². The number of alkyl halides is 3. The molecule has 0 heterocycles. The van der Waals surface area contributed by atoms with Crippen LogP contribution < -0.4 is 10.1 Å². The second-order valence-corrected chi connectivity index (χ2v) is 7.22. The van der Waals surface area contributed by atoms with Gasteiger partial charge in [-0.05, 0) is 48.0 Å². The van der Waals surface area contributed by atoms with E-state index in [2.05, 4.69) is 10.1 Å². The molecule has 1 N–H and O–H groups in total. The summed E-state index contributed by atoms with van der Waals surface area (Å²) in [7, 11) is 1.29. The maximum atomic E-state index is 12.9. The van der Waals surface area contributed by atoms with Crippen molar-refractivity contribution in [2.45, 2.75) is 12.8 Å². The number of carbonyl (C=O) groups is 2. The highest BCUT2D eigenvalue weighted by atomic mass is 19.4. The Labute approximate surface area is 199 Å². The summed E-state index contributed by atoms with van der Waals surface area (Å²) in [5.74, 6) is -0.940. The third kappa shape index (κ3) is 6.71. The molecule has 178 valence electrons. The van der Waals surface area contributed by atoms with Crippen molar-refractivity contribution in [1.82, 2.24) is 0 Å². The summed E-state index contributed by atoms with van der Waals surface area (Å²) in [4.78, 5) is 24.1. The molecule has 0 aliphatic carbocycles. The fourth-order valence-electron chi connectivity index (χ4n) is 3.02. The monoisotopic (exact) mass is 480 g/mol. The molecule has 3 aromatic carbocycles. The first-order chi connectivity index (χ1) is 16.7. The Balaban J connectivity index is 1.75. The van der Waals surface area contributed by atoms with Crippen molar-refractivity contribution in [3.63, 3.8) is 0 Å². The summed E-state index contributed by atoms with van der Waals surface area (Å²) in [6.07, 6.45) is -3.27. The summed E-state index contributed by atoms with van der Waals surface area (Å²) < 4.78 is 49.2. The molecule has 0 atom stereocenters. The average molecular weight is 480 g/mol. The molecule has 0 aliphatic rings. The number of carbonyl (C=O) groups excluding carboxylic acids is 2. The topological polar surface area (TPSA) is 88.4 Å². The molecule has 3 rings (SSSR count). The van der Waals surface area contributed by atoms with E-state index in [0.717, 1.165) is 23.8 Å². The Morgan fingerprint density at radius 3 is 2.40 bits per heavy atom. The maximum Gasteiger partial charge on any atom is 0.416 e. The lowest BCUT2D eigenvalue weighted by molar-refractivity contribution is -0.137. The van der Waals surface area contributed by atoms with Gasteiger partial charge in [0.1, 0.15) is 24.0 Å². The number of para-hydroxylation sites is 1. The number of amides is 1. The second-order valence-electron chi connectivity index (χ2n) is 7.22. The number of rotatable bonds is 7. The van der Waals surface area contributed by atoms with E-state index in [9.17, 15) is 28.0 Å². The van der Waals surface area contributed by atoms with Gasteiger partial charge in [-0.15, -0.1) is 0 Å². The Bertz CT molecular complexity index is 1290. The fourth-order valence-corrected chi connectivity index (χ4v) is 3.02. The highest BCUT2D eigenvalue weighted by Gasteiger charge is 2.30. The van der Waals surface area contributed by atoms with Gasteiger partial charge in [0.25, 0.3) is 5.91 Å². The molecule has 1 amide bonds. The molecule has 0 aromatic heterocycles. The van der Waals surface area contributed by atoms with Gasteiger partial charge in [0.2, 0.25) is 0 Å². The van der Waals surface area contributed by atoms with Gasteiger partial charge in [-0.25, -0.2) is 4.79 Å². The predicted octanol–water partition coefficient (Wildman–Crippen LogP) is 5.62. The van der Waals surface area contributed by atoms with E-state index >= 15 is 0 Å². The molecule has 0 saturated heterocycles. The Kier molecular flexibility index (Phi) is 7.89. The van der Waals surface area contributed by atoms with Crippen LogP contribution in [0.15, 0.2) is 78.4 Å². The third-order valence-corrected chi connectivity index (χ3v) is 4.80. The number of anilines is 1.